The van der Waals surface area contributed by atoms with Gasteiger partial charge in [-0.05, 0) is 41.5 Å². The molecule has 2 aliphatic heterocycles. The molecule has 1 fully saturated rings. The Morgan fingerprint density at radius 1 is 1.19 bits per heavy atom. The maximum Gasteiger partial charge on any atom is 0.266 e. The van der Waals surface area contributed by atoms with Crippen molar-refractivity contribution in [1.82, 2.24) is 4.90 Å². The number of hydrogen-bond acceptors (Lipinski definition) is 6. The molecule has 0 radical (unpaired) electrons. The molecular weight excluding hydrogens is 382 g/mol. The number of ether oxygens (including phenoxy) is 2. The van der Waals surface area contributed by atoms with Crippen LogP contribution in [0.25, 0.3) is 6.08 Å². The number of phenols is 1. The zero-order valence-electron chi connectivity index (χ0n) is 14.8. The fraction of sp³-hybridized carbons (Fsp3) is 0.200. The largest absolute Gasteiger partial charge is 0.508 e. The molecule has 1 saturated heterocycles. The van der Waals surface area contributed by atoms with E-state index in [1.165, 1.54) is 11.8 Å². The van der Waals surface area contributed by atoms with E-state index in [9.17, 15) is 9.90 Å². The third-order valence-corrected chi connectivity index (χ3v) is 5.48. The lowest BCUT2D eigenvalue weighted by Gasteiger charge is -2.16. The topological polar surface area (TPSA) is 59.0 Å². The molecule has 0 aliphatic carbocycles. The molecule has 4 rings (SSSR count). The highest BCUT2D eigenvalue weighted by molar-refractivity contribution is 8.26. The van der Waals surface area contributed by atoms with E-state index in [2.05, 4.69) is 0 Å². The number of carbonyl (C=O) groups is 1. The summed E-state index contributed by atoms with van der Waals surface area (Å²) in [6, 6.07) is 12.4. The second kappa shape index (κ2) is 6.58. The smallest absolute Gasteiger partial charge is 0.266 e. The van der Waals surface area contributed by atoms with Gasteiger partial charge in [-0.2, -0.15) is 0 Å². The van der Waals surface area contributed by atoms with Crippen molar-refractivity contribution in [3.8, 4) is 17.2 Å². The van der Waals surface area contributed by atoms with Crippen LogP contribution in [0.15, 0.2) is 47.4 Å². The molecule has 0 spiro atoms. The van der Waals surface area contributed by atoms with Gasteiger partial charge in [0, 0.05) is 13.8 Å². The summed E-state index contributed by atoms with van der Waals surface area (Å²) in [4.78, 5) is 14.9. The number of amides is 1. The third kappa shape index (κ3) is 3.65. The number of thiocarbonyl (C=S) groups is 1. The monoisotopic (exact) mass is 399 g/mol. The van der Waals surface area contributed by atoms with Gasteiger partial charge >= 0.3 is 0 Å². The van der Waals surface area contributed by atoms with Crippen molar-refractivity contribution in [2.45, 2.75) is 26.2 Å². The zero-order chi connectivity index (χ0) is 19.2. The summed E-state index contributed by atoms with van der Waals surface area (Å²) < 4.78 is 12.0. The predicted molar refractivity (Wildman–Crippen MR) is 109 cm³/mol. The van der Waals surface area contributed by atoms with Gasteiger partial charge in [-0.25, -0.2) is 0 Å². The van der Waals surface area contributed by atoms with Gasteiger partial charge < -0.3 is 14.6 Å². The molecule has 0 bridgehead atoms. The lowest BCUT2D eigenvalue weighted by Crippen LogP contribution is -2.29. The molecular formula is C20H17NO4S2. The molecule has 2 aliphatic rings. The molecule has 1 amide bonds. The van der Waals surface area contributed by atoms with Gasteiger partial charge in [0.25, 0.3) is 5.91 Å². The predicted octanol–water partition coefficient (Wildman–Crippen LogP) is 4.30. The SMILES string of the molecule is CC1(C)Oc2ccc(CN3C(=O)C(=Cc4cccc(O)c4)SC3=S)cc2O1. The van der Waals surface area contributed by atoms with Crippen molar-refractivity contribution >= 4 is 40.3 Å². The Balaban J connectivity index is 1.54. The minimum absolute atomic E-state index is 0.147. The maximum atomic E-state index is 12.8. The molecule has 2 aromatic carbocycles. The van der Waals surface area contributed by atoms with Crippen LogP contribution >= 0.6 is 24.0 Å². The molecule has 0 aromatic heterocycles. The van der Waals surface area contributed by atoms with Crippen LogP contribution in [0, 0.1) is 0 Å². The molecule has 7 heteroatoms. The summed E-state index contributed by atoms with van der Waals surface area (Å²) in [6.45, 7) is 4.06. The Kier molecular flexibility index (Phi) is 4.36. The van der Waals surface area contributed by atoms with Crippen LogP contribution in [0.2, 0.25) is 0 Å². The number of benzene rings is 2. The first-order valence-corrected chi connectivity index (χ1v) is 9.59. The lowest BCUT2D eigenvalue weighted by molar-refractivity contribution is -0.122. The fourth-order valence-corrected chi connectivity index (χ4v) is 4.21. The van der Waals surface area contributed by atoms with Crippen LogP contribution in [0.3, 0.4) is 0 Å². The summed E-state index contributed by atoms with van der Waals surface area (Å²) >= 11 is 6.65. The first kappa shape index (κ1) is 17.9. The van der Waals surface area contributed by atoms with Crippen molar-refractivity contribution in [3.05, 3.63) is 58.5 Å². The van der Waals surface area contributed by atoms with E-state index in [1.807, 2.05) is 38.1 Å². The van der Waals surface area contributed by atoms with Crippen LogP contribution in [0.5, 0.6) is 17.2 Å². The molecule has 2 aromatic rings. The Bertz CT molecular complexity index is 984. The maximum absolute atomic E-state index is 12.8. The first-order chi connectivity index (χ1) is 12.8. The molecule has 138 valence electrons. The molecule has 27 heavy (non-hydrogen) atoms. The molecule has 0 saturated carbocycles. The number of rotatable bonds is 3. The summed E-state index contributed by atoms with van der Waals surface area (Å²) in [7, 11) is 0. The number of aromatic hydroxyl groups is 1. The second-order valence-corrected chi connectivity index (χ2v) is 8.42. The van der Waals surface area contributed by atoms with Crippen molar-refractivity contribution in [2.75, 3.05) is 0 Å². The molecule has 5 nitrogen and oxygen atoms in total. The third-order valence-electron chi connectivity index (χ3n) is 4.10. The number of carbonyl (C=O) groups excluding carboxylic acids is 1. The van der Waals surface area contributed by atoms with E-state index in [0.29, 0.717) is 27.3 Å². The van der Waals surface area contributed by atoms with Gasteiger partial charge in [0.05, 0.1) is 11.4 Å². The van der Waals surface area contributed by atoms with Crippen LogP contribution < -0.4 is 9.47 Å². The van der Waals surface area contributed by atoms with Crippen LogP contribution in [0.4, 0.5) is 0 Å². The minimum Gasteiger partial charge on any atom is -0.508 e. The highest BCUT2D eigenvalue weighted by atomic mass is 32.2. The Morgan fingerprint density at radius 2 is 1.96 bits per heavy atom. The van der Waals surface area contributed by atoms with Crippen molar-refractivity contribution in [1.29, 1.82) is 0 Å². The first-order valence-electron chi connectivity index (χ1n) is 8.36. The normalized spacial score (nSPS) is 19.2. The Hall–Kier alpha value is -2.51. The van der Waals surface area contributed by atoms with Gasteiger partial charge in [-0.1, -0.05) is 42.2 Å². The summed E-state index contributed by atoms with van der Waals surface area (Å²) in [5.74, 6) is 0.678. The number of thioether (sulfide) groups is 1. The average molecular weight is 399 g/mol. The van der Waals surface area contributed by atoms with Gasteiger partial charge in [0.1, 0.15) is 10.1 Å². The van der Waals surface area contributed by atoms with Gasteiger partial charge in [-0.15, -0.1) is 0 Å². The van der Waals surface area contributed by atoms with Crippen molar-refractivity contribution < 1.29 is 19.4 Å². The Morgan fingerprint density at radius 3 is 2.74 bits per heavy atom. The molecule has 0 unspecified atom stereocenters. The van der Waals surface area contributed by atoms with E-state index in [-0.39, 0.29) is 11.7 Å². The van der Waals surface area contributed by atoms with Gasteiger partial charge in [-0.3, -0.25) is 9.69 Å². The average Bonchev–Trinajstić information content (AvgIpc) is 3.03. The molecule has 0 atom stereocenters. The summed E-state index contributed by atoms with van der Waals surface area (Å²) in [5.41, 5.74) is 1.66. The number of nitrogens with zero attached hydrogens (tertiary/aromatic N) is 1. The second-order valence-electron chi connectivity index (χ2n) is 6.75. The van der Waals surface area contributed by atoms with Gasteiger partial charge in [0.2, 0.25) is 5.79 Å². The number of fused-ring (bicyclic) bond motifs is 1. The number of hydrogen-bond donors (Lipinski definition) is 1. The highest BCUT2D eigenvalue weighted by Crippen LogP contribution is 2.40. The molecule has 2 heterocycles. The fourth-order valence-electron chi connectivity index (χ4n) is 2.95. The van der Waals surface area contributed by atoms with E-state index in [1.54, 1.807) is 29.2 Å². The van der Waals surface area contributed by atoms with Crippen LogP contribution in [-0.4, -0.2) is 26.0 Å². The molecule has 1 N–H and O–H groups in total. The number of phenolic OH excluding ortho intramolecular Hbond substituents is 1. The Labute approximate surface area is 166 Å². The van der Waals surface area contributed by atoms with Gasteiger partial charge in [0.15, 0.2) is 11.5 Å². The van der Waals surface area contributed by atoms with E-state index in [0.717, 1.165) is 11.1 Å². The zero-order valence-corrected chi connectivity index (χ0v) is 16.4. The minimum atomic E-state index is -0.688. The van der Waals surface area contributed by atoms with Crippen molar-refractivity contribution in [2.24, 2.45) is 0 Å². The van der Waals surface area contributed by atoms with Crippen molar-refractivity contribution in [3.63, 3.8) is 0 Å². The van der Waals surface area contributed by atoms with Crippen LogP contribution in [-0.2, 0) is 11.3 Å². The summed E-state index contributed by atoms with van der Waals surface area (Å²) in [5, 5.41) is 9.59. The highest BCUT2D eigenvalue weighted by Gasteiger charge is 2.34. The summed E-state index contributed by atoms with van der Waals surface area (Å²) in [6.07, 6.45) is 1.74. The van der Waals surface area contributed by atoms with Crippen LogP contribution in [0.1, 0.15) is 25.0 Å². The standard InChI is InChI=1S/C20H17NO4S2/c1-20(2)24-15-7-6-13(9-16(15)25-20)11-21-18(23)17(27-19(21)26)10-12-4-3-5-14(22)8-12/h3-10,22H,11H2,1-2H3. The van der Waals surface area contributed by atoms with E-state index in [4.69, 9.17) is 21.7 Å². The quantitative estimate of drug-likeness (QED) is 0.613. The van der Waals surface area contributed by atoms with E-state index < -0.39 is 5.79 Å². The van der Waals surface area contributed by atoms with E-state index >= 15 is 0 Å². The lowest BCUT2D eigenvalue weighted by atomic mass is 10.2.